The van der Waals surface area contributed by atoms with Crippen molar-refractivity contribution in [1.82, 2.24) is 19.7 Å². The summed E-state index contributed by atoms with van der Waals surface area (Å²) in [6, 6.07) is 3.93. The number of pyridine rings is 1. The van der Waals surface area contributed by atoms with Gasteiger partial charge in [0.2, 0.25) is 0 Å². The lowest BCUT2D eigenvalue weighted by molar-refractivity contribution is -0.884. The monoisotopic (exact) mass is 290 g/mol. The zero-order chi connectivity index (χ0) is 13.8. The Morgan fingerprint density at radius 1 is 1.20 bits per heavy atom. The van der Waals surface area contributed by atoms with Gasteiger partial charge < -0.3 is 9.47 Å². The van der Waals surface area contributed by atoms with Crippen LogP contribution in [0.1, 0.15) is 12.8 Å². The molecule has 0 saturated carbocycles. The molecule has 0 aromatic carbocycles. The van der Waals surface area contributed by atoms with Gasteiger partial charge in [0.25, 0.3) is 0 Å². The van der Waals surface area contributed by atoms with Crippen LogP contribution in [-0.4, -0.2) is 45.1 Å². The van der Waals surface area contributed by atoms with Crippen LogP contribution in [0.5, 0.6) is 0 Å². The number of likely N-dealkylation sites (tertiary alicyclic amines) is 1. The summed E-state index contributed by atoms with van der Waals surface area (Å²) in [5, 5.41) is 9.59. The SMILES string of the molecule is Cn1c(SCC[NH+]2CCCC2)nnc1-c1ccncc1. The normalized spacial score (nSPS) is 15.8. The predicted molar refractivity (Wildman–Crippen MR) is 79.8 cm³/mol. The van der Waals surface area contributed by atoms with Gasteiger partial charge in [-0.25, -0.2) is 0 Å². The van der Waals surface area contributed by atoms with Crippen LogP contribution in [0.3, 0.4) is 0 Å². The fraction of sp³-hybridized carbons (Fsp3) is 0.500. The van der Waals surface area contributed by atoms with Crippen molar-refractivity contribution < 1.29 is 4.90 Å². The molecule has 0 atom stereocenters. The van der Waals surface area contributed by atoms with E-state index in [1.807, 2.05) is 19.2 Å². The van der Waals surface area contributed by atoms with E-state index in [-0.39, 0.29) is 0 Å². The van der Waals surface area contributed by atoms with Gasteiger partial charge >= 0.3 is 0 Å². The first-order chi connectivity index (χ1) is 9.84. The summed E-state index contributed by atoms with van der Waals surface area (Å²) in [7, 11) is 2.03. The van der Waals surface area contributed by atoms with Crippen molar-refractivity contribution >= 4 is 11.8 Å². The second-order valence-corrected chi connectivity index (χ2v) is 6.22. The first-order valence-corrected chi connectivity index (χ1v) is 8.09. The summed E-state index contributed by atoms with van der Waals surface area (Å²) in [6.45, 7) is 3.89. The average molecular weight is 290 g/mol. The van der Waals surface area contributed by atoms with Gasteiger partial charge in [-0.15, -0.1) is 10.2 Å². The molecule has 1 N–H and O–H groups in total. The Morgan fingerprint density at radius 3 is 2.70 bits per heavy atom. The smallest absolute Gasteiger partial charge is 0.191 e. The molecule has 2 aromatic heterocycles. The van der Waals surface area contributed by atoms with Gasteiger partial charge in [0.15, 0.2) is 11.0 Å². The van der Waals surface area contributed by atoms with Crippen LogP contribution in [0, 0.1) is 0 Å². The standard InChI is InChI=1S/C14H19N5S/c1-18-13(12-4-6-15-7-5-12)16-17-14(18)20-11-10-19-8-2-3-9-19/h4-7H,2-3,8-11H2,1H3/p+1. The van der Waals surface area contributed by atoms with Crippen LogP contribution in [-0.2, 0) is 7.05 Å². The summed E-state index contributed by atoms with van der Waals surface area (Å²) >= 11 is 1.80. The second kappa shape index (κ2) is 6.37. The van der Waals surface area contributed by atoms with Crippen molar-refractivity contribution in [3.8, 4) is 11.4 Å². The van der Waals surface area contributed by atoms with Gasteiger partial charge in [-0.05, 0) is 12.1 Å². The third kappa shape index (κ3) is 3.02. The van der Waals surface area contributed by atoms with E-state index in [1.165, 1.54) is 32.5 Å². The number of hydrogen-bond donors (Lipinski definition) is 1. The summed E-state index contributed by atoms with van der Waals surface area (Å²) in [4.78, 5) is 5.77. The van der Waals surface area contributed by atoms with E-state index in [2.05, 4.69) is 19.7 Å². The highest BCUT2D eigenvalue weighted by Crippen LogP contribution is 2.21. The molecule has 0 bridgehead atoms. The number of nitrogens with one attached hydrogen (secondary N) is 1. The molecule has 20 heavy (non-hydrogen) atoms. The van der Waals surface area contributed by atoms with E-state index >= 15 is 0 Å². The first-order valence-electron chi connectivity index (χ1n) is 7.11. The number of aromatic nitrogens is 4. The van der Waals surface area contributed by atoms with Crippen molar-refractivity contribution in [3.05, 3.63) is 24.5 Å². The summed E-state index contributed by atoms with van der Waals surface area (Å²) in [6.07, 6.45) is 6.34. The quantitative estimate of drug-likeness (QED) is 0.821. The number of hydrogen-bond acceptors (Lipinski definition) is 4. The van der Waals surface area contributed by atoms with Crippen LogP contribution >= 0.6 is 11.8 Å². The summed E-state index contributed by atoms with van der Waals surface area (Å²) < 4.78 is 2.07. The van der Waals surface area contributed by atoms with Crippen molar-refractivity contribution in [2.45, 2.75) is 18.0 Å². The highest BCUT2D eigenvalue weighted by Gasteiger charge is 2.16. The Labute approximate surface area is 123 Å². The van der Waals surface area contributed by atoms with E-state index in [4.69, 9.17) is 0 Å². The maximum atomic E-state index is 4.30. The lowest BCUT2D eigenvalue weighted by atomic mass is 10.2. The highest BCUT2D eigenvalue weighted by molar-refractivity contribution is 7.99. The first kappa shape index (κ1) is 13.6. The van der Waals surface area contributed by atoms with Gasteiger partial charge in [0.1, 0.15) is 0 Å². The number of rotatable bonds is 5. The molecule has 1 aliphatic heterocycles. The molecule has 5 nitrogen and oxygen atoms in total. The Balaban J connectivity index is 1.62. The second-order valence-electron chi connectivity index (χ2n) is 5.16. The van der Waals surface area contributed by atoms with Crippen molar-refractivity contribution in [2.24, 2.45) is 7.05 Å². The topological polar surface area (TPSA) is 48.0 Å². The van der Waals surface area contributed by atoms with E-state index in [0.717, 1.165) is 22.3 Å². The van der Waals surface area contributed by atoms with Crippen LogP contribution in [0.25, 0.3) is 11.4 Å². The number of thioether (sulfide) groups is 1. The van der Waals surface area contributed by atoms with Crippen LogP contribution in [0.4, 0.5) is 0 Å². The molecular weight excluding hydrogens is 270 g/mol. The number of nitrogens with zero attached hydrogens (tertiary/aromatic N) is 4. The van der Waals surface area contributed by atoms with Crippen LogP contribution in [0.15, 0.2) is 29.7 Å². The molecule has 0 aliphatic carbocycles. The lowest BCUT2D eigenvalue weighted by Crippen LogP contribution is -3.10. The molecule has 2 aromatic rings. The molecule has 106 valence electrons. The molecule has 3 heterocycles. The highest BCUT2D eigenvalue weighted by atomic mass is 32.2. The molecule has 0 unspecified atom stereocenters. The molecule has 3 rings (SSSR count). The van der Waals surface area contributed by atoms with Gasteiger partial charge in [-0.3, -0.25) is 4.98 Å². The Bertz CT molecular complexity index is 548. The maximum Gasteiger partial charge on any atom is 0.191 e. The number of quaternary nitrogens is 1. The third-order valence-corrected chi connectivity index (χ3v) is 4.79. The summed E-state index contributed by atoms with van der Waals surface area (Å²) in [5.74, 6) is 2.01. The Kier molecular flexibility index (Phi) is 4.32. The van der Waals surface area contributed by atoms with E-state index in [1.54, 1.807) is 29.1 Å². The lowest BCUT2D eigenvalue weighted by Gasteiger charge is -2.10. The Hall–Kier alpha value is -1.40. The van der Waals surface area contributed by atoms with Crippen molar-refractivity contribution in [2.75, 3.05) is 25.4 Å². The Morgan fingerprint density at radius 2 is 1.95 bits per heavy atom. The fourth-order valence-electron chi connectivity index (χ4n) is 2.60. The molecule has 1 fully saturated rings. The minimum Gasteiger partial charge on any atom is -0.334 e. The van der Waals surface area contributed by atoms with Gasteiger partial charge in [0.05, 0.1) is 25.4 Å². The van der Waals surface area contributed by atoms with Crippen LogP contribution in [0.2, 0.25) is 0 Å². The predicted octanol–water partition coefficient (Wildman–Crippen LogP) is 0.648. The zero-order valence-electron chi connectivity index (χ0n) is 11.7. The maximum absolute atomic E-state index is 4.30. The minimum absolute atomic E-state index is 0.906. The van der Waals surface area contributed by atoms with Gasteiger partial charge in [-0.2, -0.15) is 0 Å². The van der Waals surface area contributed by atoms with E-state index in [0.29, 0.717) is 0 Å². The zero-order valence-corrected chi connectivity index (χ0v) is 12.6. The van der Waals surface area contributed by atoms with Crippen LogP contribution < -0.4 is 4.90 Å². The summed E-state index contributed by atoms with van der Waals surface area (Å²) in [5.41, 5.74) is 1.06. The van der Waals surface area contributed by atoms with E-state index < -0.39 is 0 Å². The third-order valence-electron chi connectivity index (χ3n) is 3.77. The van der Waals surface area contributed by atoms with Crippen molar-refractivity contribution in [1.29, 1.82) is 0 Å². The van der Waals surface area contributed by atoms with Crippen molar-refractivity contribution in [3.63, 3.8) is 0 Å². The molecule has 0 radical (unpaired) electrons. The van der Waals surface area contributed by atoms with Gasteiger partial charge in [-0.1, -0.05) is 11.8 Å². The van der Waals surface area contributed by atoms with Gasteiger partial charge in [0, 0.05) is 37.8 Å². The largest absolute Gasteiger partial charge is 0.334 e. The molecule has 0 amide bonds. The average Bonchev–Trinajstić information content (AvgIpc) is 3.11. The van der Waals surface area contributed by atoms with E-state index in [9.17, 15) is 0 Å². The molecule has 1 saturated heterocycles. The molecular formula is C14H20N5S+. The molecule has 1 aliphatic rings. The molecule has 6 heteroatoms. The fourth-order valence-corrected chi connectivity index (χ4v) is 3.56. The molecule has 0 spiro atoms. The minimum atomic E-state index is 0.906.